The van der Waals surface area contributed by atoms with Crippen LogP contribution in [0.25, 0.3) is 11.3 Å². The molecular formula is C16H14ClN3O2S. The Kier molecular flexibility index (Phi) is 4.36. The molecule has 118 valence electrons. The van der Waals surface area contributed by atoms with Crippen molar-refractivity contribution in [2.75, 3.05) is 4.72 Å². The number of nitrogens with zero attached hydrogens (tertiary/aromatic N) is 1. The van der Waals surface area contributed by atoms with Crippen molar-refractivity contribution in [3.8, 4) is 11.3 Å². The minimum absolute atomic E-state index is 0.180. The van der Waals surface area contributed by atoms with Crippen LogP contribution in [0.2, 0.25) is 5.02 Å². The van der Waals surface area contributed by atoms with Gasteiger partial charge in [0.05, 0.1) is 11.4 Å². The zero-order chi connectivity index (χ0) is 16.3. The summed E-state index contributed by atoms with van der Waals surface area (Å²) in [5, 5.41) is 7.17. The fourth-order valence-corrected chi connectivity index (χ4v) is 3.70. The highest BCUT2D eigenvalue weighted by Crippen LogP contribution is 2.23. The summed E-state index contributed by atoms with van der Waals surface area (Å²) >= 11 is 6.02. The molecule has 0 radical (unpaired) electrons. The highest BCUT2D eigenvalue weighted by Gasteiger charge is 2.14. The zero-order valence-electron chi connectivity index (χ0n) is 12.0. The zero-order valence-corrected chi connectivity index (χ0v) is 13.6. The third-order valence-electron chi connectivity index (χ3n) is 3.25. The second-order valence-corrected chi connectivity index (χ2v) is 7.13. The first-order valence-corrected chi connectivity index (χ1v) is 8.90. The Morgan fingerprint density at radius 1 is 1.09 bits per heavy atom. The van der Waals surface area contributed by atoms with Crippen molar-refractivity contribution in [3.05, 3.63) is 71.4 Å². The third-order valence-corrected chi connectivity index (χ3v) is 4.86. The summed E-state index contributed by atoms with van der Waals surface area (Å²) in [6.07, 6.45) is 1.64. The first-order chi connectivity index (χ1) is 11.0. The van der Waals surface area contributed by atoms with Gasteiger partial charge in [0.15, 0.2) is 0 Å². The van der Waals surface area contributed by atoms with Gasteiger partial charge in [-0.15, -0.1) is 0 Å². The molecule has 0 saturated heterocycles. The Bertz CT molecular complexity index is 909. The molecule has 0 spiro atoms. The Morgan fingerprint density at radius 3 is 2.65 bits per heavy atom. The van der Waals surface area contributed by atoms with Gasteiger partial charge in [0.25, 0.3) is 0 Å². The smallest absolute Gasteiger partial charge is 0.236 e. The molecular weight excluding hydrogens is 334 g/mol. The molecule has 0 amide bonds. The van der Waals surface area contributed by atoms with E-state index in [0.29, 0.717) is 16.3 Å². The molecule has 0 fully saturated rings. The number of sulfonamides is 1. The highest BCUT2D eigenvalue weighted by atomic mass is 35.5. The molecule has 0 bridgehead atoms. The van der Waals surface area contributed by atoms with Crippen LogP contribution in [-0.2, 0) is 15.8 Å². The maximum atomic E-state index is 12.3. The summed E-state index contributed by atoms with van der Waals surface area (Å²) in [6, 6.07) is 15.8. The van der Waals surface area contributed by atoms with Gasteiger partial charge >= 0.3 is 0 Å². The lowest BCUT2D eigenvalue weighted by atomic mass is 10.1. The minimum atomic E-state index is -3.56. The molecule has 5 nitrogen and oxygen atoms in total. The average molecular weight is 348 g/mol. The van der Waals surface area contributed by atoms with E-state index in [4.69, 9.17) is 11.6 Å². The van der Waals surface area contributed by atoms with E-state index in [1.54, 1.807) is 48.7 Å². The summed E-state index contributed by atoms with van der Waals surface area (Å²) in [5.41, 5.74) is 2.72. The SMILES string of the molecule is O=S(=O)(Cc1ccccc1Cl)Nc1cccc(-c2ccn[nH]2)c1. The molecule has 3 rings (SSSR count). The highest BCUT2D eigenvalue weighted by molar-refractivity contribution is 7.91. The van der Waals surface area contributed by atoms with Gasteiger partial charge in [0.1, 0.15) is 0 Å². The van der Waals surface area contributed by atoms with Gasteiger partial charge < -0.3 is 0 Å². The second-order valence-electron chi connectivity index (χ2n) is 5.00. The van der Waals surface area contributed by atoms with Crippen molar-refractivity contribution >= 4 is 27.3 Å². The molecule has 2 N–H and O–H groups in total. The molecule has 7 heteroatoms. The standard InChI is InChI=1S/C16H14ClN3O2S/c17-15-7-2-1-4-13(15)11-23(21,22)20-14-6-3-5-12(10-14)16-8-9-18-19-16/h1-10,20H,11H2,(H,18,19). The number of anilines is 1. The van der Waals surface area contributed by atoms with Crippen LogP contribution in [0.4, 0.5) is 5.69 Å². The van der Waals surface area contributed by atoms with Crippen LogP contribution >= 0.6 is 11.6 Å². The maximum absolute atomic E-state index is 12.3. The number of hydrogen-bond acceptors (Lipinski definition) is 3. The normalized spacial score (nSPS) is 11.3. The van der Waals surface area contributed by atoms with E-state index in [1.165, 1.54) is 0 Å². The molecule has 0 aliphatic carbocycles. The van der Waals surface area contributed by atoms with Crippen molar-refractivity contribution in [2.24, 2.45) is 0 Å². The van der Waals surface area contributed by atoms with Gasteiger partial charge in [-0.1, -0.05) is 41.9 Å². The van der Waals surface area contributed by atoms with Gasteiger partial charge in [-0.3, -0.25) is 9.82 Å². The van der Waals surface area contributed by atoms with E-state index < -0.39 is 10.0 Å². The Morgan fingerprint density at radius 2 is 1.91 bits per heavy atom. The van der Waals surface area contributed by atoms with Crippen molar-refractivity contribution in [1.82, 2.24) is 10.2 Å². The largest absolute Gasteiger partial charge is 0.283 e. The number of aromatic amines is 1. The topological polar surface area (TPSA) is 74.8 Å². The van der Waals surface area contributed by atoms with Crippen LogP contribution in [0.5, 0.6) is 0 Å². The van der Waals surface area contributed by atoms with Crippen molar-refractivity contribution < 1.29 is 8.42 Å². The lowest BCUT2D eigenvalue weighted by Crippen LogP contribution is -2.15. The van der Waals surface area contributed by atoms with E-state index in [1.807, 2.05) is 12.1 Å². The van der Waals surface area contributed by atoms with Crippen LogP contribution in [0, 0.1) is 0 Å². The molecule has 0 atom stereocenters. The molecule has 0 aliphatic heterocycles. The monoisotopic (exact) mass is 347 g/mol. The molecule has 0 aliphatic rings. The van der Waals surface area contributed by atoms with Crippen molar-refractivity contribution in [1.29, 1.82) is 0 Å². The summed E-state index contributed by atoms with van der Waals surface area (Å²) in [7, 11) is -3.56. The van der Waals surface area contributed by atoms with Gasteiger partial charge in [-0.25, -0.2) is 8.42 Å². The summed E-state index contributed by atoms with van der Waals surface area (Å²) < 4.78 is 27.2. The van der Waals surface area contributed by atoms with Crippen LogP contribution in [0.15, 0.2) is 60.8 Å². The summed E-state index contributed by atoms with van der Waals surface area (Å²) in [4.78, 5) is 0. The number of benzene rings is 2. The maximum Gasteiger partial charge on any atom is 0.236 e. The lowest BCUT2D eigenvalue weighted by Gasteiger charge is -2.10. The fraction of sp³-hybridized carbons (Fsp3) is 0.0625. The van der Waals surface area contributed by atoms with Crippen molar-refractivity contribution in [2.45, 2.75) is 5.75 Å². The summed E-state index contributed by atoms with van der Waals surface area (Å²) in [5.74, 6) is -0.180. The molecule has 1 heterocycles. The van der Waals surface area contributed by atoms with Crippen LogP contribution in [-0.4, -0.2) is 18.6 Å². The predicted molar refractivity (Wildman–Crippen MR) is 91.7 cm³/mol. The molecule has 1 aromatic heterocycles. The van der Waals surface area contributed by atoms with Crippen molar-refractivity contribution in [3.63, 3.8) is 0 Å². The van der Waals surface area contributed by atoms with Gasteiger partial charge in [-0.05, 0) is 29.8 Å². The van der Waals surface area contributed by atoms with E-state index >= 15 is 0 Å². The lowest BCUT2D eigenvalue weighted by molar-refractivity contribution is 0.600. The van der Waals surface area contributed by atoms with E-state index in [0.717, 1.165) is 11.3 Å². The van der Waals surface area contributed by atoms with Crippen LogP contribution < -0.4 is 4.72 Å². The fourth-order valence-electron chi connectivity index (χ4n) is 2.20. The van der Waals surface area contributed by atoms with E-state index in [-0.39, 0.29) is 5.75 Å². The van der Waals surface area contributed by atoms with Gasteiger partial charge in [0, 0.05) is 22.5 Å². The minimum Gasteiger partial charge on any atom is -0.283 e. The van der Waals surface area contributed by atoms with Gasteiger partial charge in [-0.2, -0.15) is 5.10 Å². The van der Waals surface area contributed by atoms with Gasteiger partial charge in [0.2, 0.25) is 10.0 Å². The number of aromatic nitrogens is 2. The number of halogens is 1. The Labute approximate surface area is 139 Å². The molecule has 0 saturated carbocycles. The number of rotatable bonds is 5. The second kappa shape index (κ2) is 6.44. The molecule has 2 aromatic carbocycles. The average Bonchev–Trinajstić information content (AvgIpc) is 3.03. The number of H-pyrrole nitrogens is 1. The first-order valence-electron chi connectivity index (χ1n) is 6.87. The summed E-state index contributed by atoms with van der Waals surface area (Å²) in [6.45, 7) is 0. The van der Waals surface area contributed by atoms with E-state index in [9.17, 15) is 8.42 Å². The molecule has 0 unspecified atom stereocenters. The Hall–Kier alpha value is -2.31. The third kappa shape index (κ3) is 3.91. The predicted octanol–water partition coefficient (Wildman–Crippen LogP) is 3.67. The number of hydrogen-bond donors (Lipinski definition) is 2. The quantitative estimate of drug-likeness (QED) is 0.739. The first kappa shape index (κ1) is 15.6. The molecule has 3 aromatic rings. The van der Waals surface area contributed by atoms with E-state index in [2.05, 4.69) is 14.9 Å². The Balaban J connectivity index is 1.81. The molecule has 23 heavy (non-hydrogen) atoms. The van der Waals surface area contributed by atoms with Crippen LogP contribution in [0.1, 0.15) is 5.56 Å². The number of nitrogens with one attached hydrogen (secondary N) is 2. The van der Waals surface area contributed by atoms with Crippen LogP contribution in [0.3, 0.4) is 0 Å².